The Kier molecular flexibility index (Phi) is 8.06. The third kappa shape index (κ3) is 5.42. The predicted octanol–water partition coefficient (Wildman–Crippen LogP) is 5.26. The highest BCUT2D eigenvalue weighted by Gasteiger charge is 2.27. The predicted molar refractivity (Wildman–Crippen MR) is 133 cm³/mol. The van der Waals surface area contributed by atoms with Gasteiger partial charge in [0.1, 0.15) is 0 Å². The van der Waals surface area contributed by atoms with Crippen molar-refractivity contribution < 1.29 is 9.53 Å². The van der Waals surface area contributed by atoms with Crippen molar-refractivity contribution in [2.45, 2.75) is 43.4 Å². The second-order valence-electron chi connectivity index (χ2n) is 8.18. The molecule has 8 heteroatoms. The molecule has 0 saturated heterocycles. The fourth-order valence-electron chi connectivity index (χ4n) is 4.34. The first-order valence-corrected chi connectivity index (χ1v) is 12.6. The molecule has 0 fully saturated rings. The van der Waals surface area contributed by atoms with Crippen molar-refractivity contribution in [2.24, 2.45) is 0 Å². The highest BCUT2D eigenvalue weighted by atomic mass is 35.5. The average molecular weight is 485 g/mol. The lowest BCUT2D eigenvalue weighted by Crippen LogP contribution is -2.34. The second-order valence-corrected chi connectivity index (χ2v) is 9.53. The smallest absolute Gasteiger partial charge is 0.233 e. The SMILES string of the molecule is COCCCn1c(SCC(=O)N(C)C2CCCc3ccccc32)nnc1-c1ccccc1Cl. The van der Waals surface area contributed by atoms with Gasteiger partial charge in [-0.2, -0.15) is 0 Å². The van der Waals surface area contributed by atoms with Gasteiger partial charge in [0.05, 0.1) is 16.8 Å². The summed E-state index contributed by atoms with van der Waals surface area (Å²) < 4.78 is 7.26. The second kappa shape index (κ2) is 11.2. The quantitative estimate of drug-likeness (QED) is 0.306. The summed E-state index contributed by atoms with van der Waals surface area (Å²) in [5.41, 5.74) is 3.45. The van der Waals surface area contributed by atoms with Crippen LogP contribution in [0.25, 0.3) is 11.4 Å². The molecule has 1 heterocycles. The number of aromatic nitrogens is 3. The standard InChI is InChI=1S/C25H29ClN4O2S/c1-29(22-14-7-10-18-9-3-4-11-19(18)22)23(31)17-33-25-28-27-24(30(25)15-8-16-32-2)20-12-5-6-13-21(20)26/h3-6,9,11-13,22H,7-8,10,14-17H2,1-2H3. The van der Waals surface area contributed by atoms with E-state index in [1.54, 1.807) is 7.11 Å². The summed E-state index contributed by atoms with van der Waals surface area (Å²) in [6.45, 7) is 1.32. The van der Waals surface area contributed by atoms with Crippen LogP contribution in [0.4, 0.5) is 0 Å². The minimum Gasteiger partial charge on any atom is -0.385 e. The lowest BCUT2D eigenvalue weighted by Gasteiger charge is -2.33. The molecule has 0 spiro atoms. The number of ether oxygens (including phenoxy) is 1. The van der Waals surface area contributed by atoms with Crippen molar-refractivity contribution in [2.75, 3.05) is 26.5 Å². The van der Waals surface area contributed by atoms with Gasteiger partial charge in [0.15, 0.2) is 11.0 Å². The van der Waals surface area contributed by atoms with Crippen LogP contribution in [0.2, 0.25) is 5.02 Å². The van der Waals surface area contributed by atoms with Crippen LogP contribution >= 0.6 is 23.4 Å². The first kappa shape index (κ1) is 23.8. The Balaban J connectivity index is 1.50. The Hall–Kier alpha value is -2.35. The van der Waals surface area contributed by atoms with Crippen molar-refractivity contribution in [1.29, 1.82) is 0 Å². The number of amides is 1. The Labute approximate surface area is 204 Å². The van der Waals surface area contributed by atoms with E-state index in [1.165, 1.54) is 22.9 Å². The molecule has 1 atom stereocenters. The monoisotopic (exact) mass is 484 g/mol. The summed E-state index contributed by atoms with van der Waals surface area (Å²) in [7, 11) is 3.60. The van der Waals surface area contributed by atoms with Crippen molar-refractivity contribution >= 4 is 29.3 Å². The summed E-state index contributed by atoms with van der Waals surface area (Å²) in [6, 6.07) is 16.2. The maximum Gasteiger partial charge on any atom is 0.233 e. The van der Waals surface area contributed by atoms with Crippen molar-refractivity contribution in [1.82, 2.24) is 19.7 Å². The molecule has 0 bridgehead atoms. The fourth-order valence-corrected chi connectivity index (χ4v) is 5.45. The molecule has 2 aromatic carbocycles. The van der Waals surface area contributed by atoms with Gasteiger partial charge >= 0.3 is 0 Å². The van der Waals surface area contributed by atoms with Gasteiger partial charge in [0, 0.05) is 32.9 Å². The third-order valence-electron chi connectivity index (χ3n) is 6.09. The minimum atomic E-state index is 0.0902. The number of halogens is 1. The van der Waals surface area contributed by atoms with E-state index >= 15 is 0 Å². The third-order valence-corrected chi connectivity index (χ3v) is 7.37. The zero-order chi connectivity index (χ0) is 23.2. The maximum absolute atomic E-state index is 13.1. The molecular formula is C25H29ClN4O2S. The molecule has 1 aliphatic carbocycles. The van der Waals surface area contributed by atoms with E-state index in [4.69, 9.17) is 16.3 Å². The molecule has 0 N–H and O–H groups in total. The number of aryl methyl sites for hydroxylation is 1. The zero-order valence-corrected chi connectivity index (χ0v) is 20.6. The van der Waals surface area contributed by atoms with Crippen LogP contribution in [0.1, 0.15) is 36.4 Å². The Morgan fingerprint density at radius 3 is 2.82 bits per heavy atom. The van der Waals surface area contributed by atoms with Crippen molar-refractivity contribution in [3.8, 4) is 11.4 Å². The molecule has 1 unspecified atom stereocenters. The summed E-state index contributed by atoms with van der Waals surface area (Å²) in [5, 5.41) is 10.1. The van der Waals surface area contributed by atoms with E-state index in [0.29, 0.717) is 34.9 Å². The van der Waals surface area contributed by atoms with Crippen LogP contribution in [-0.4, -0.2) is 52.1 Å². The van der Waals surface area contributed by atoms with Crippen LogP contribution in [0.5, 0.6) is 0 Å². The molecule has 174 valence electrons. The van der Waals surface area contributed by atoms with E-state index in [2.05, 4.69) is 34.5 Å². The molecule has 1 aromatic heterocycles. The zero-order valence-electron chi connectivity index (χ0n) is 19.0. The first-order chi connectivity index (χ1) is 16.1. The highest BCUT2D eigenvalue weighted by molar-refractivity contribution is 7.99. The number of carbonyl (C=O) groups excluding carboxylic acids is 1. The van der Waals surface area contributed by atoms with Crippen LogP contribution in [0.3, 0.4) is 0 Å². The largest absolute Gasteiger partial charge is 0.385 e. The molecule has 0 radical (unpaired) electrons. The van der Waals surface area contributed by atoms with Crippen LogP contribution in [-0.2, 0) is 22.5 Å². The fraction of sp³-hybridized carbons (Fsp3) is 0.400. The summed E-state index contributed by atoms with van der Waals surface area (Å²) in [5.74, 6) is 1.11. The lowest BCUT2D eigenvalue weighted by molar-refractivity contribution is -0.129. The van der Waals surface area contributed by atoms with Gasteiger partial charge in [-0.15, -0.1) is 10.2 Å². The topological polar surface area (TPSA) is 60.2 Å². The molecule has 1 aliphatic rings. The molecule has 0 aliphatic heterocycles. The number of methoxy groups -OCH3 is 1. The average Bonchev–Trinajstić information content (AvgIpc) is 3.24. The lowest BCUT2D eigenvalue weighted by atomic mass is 9.87. The number of fused-ring (bicyclic) bond motifs is 1. The van der Waals surface area contributed by atoms with Gasteiger partial charge in [0.25, 0.3) is 0 Å². The van der Waals surface area contributed by atoms with Crippen LogP contribution < -0.4 is 0 Å². The van der Waals surface area contributed by atoms with Gasteiger partial charge in [-0.05, 0) is 48.9 Å². The van der Waals surface area contributed by atoms with Gasteiger partial charge in [0.2, 0.25) is 5.91 Å². The van der Waals surface area contributed by atoms with Gasteiger partial charge < -0.3 is 14.2 Å². The number of hydrogen-bond acceptors (Lipinski definition) is 5. The van der Waals surface area contributed by atoms with E-state index in [9.17, 15) is 4.79 Å². The molecule has 3 aromatic rings. The van der Waals surface area contributed by atoms with E-state index in [1.807, 2.05) is 40.8 Å². The molecule has 1 amide bonds. The highest BCUT2D eigenvalue weighted by Crippen LogP contribution is 2.34. The number of thioether (sulfide) groups is 1. The van der Waals surface area contributed by atoms with E-state index in [0.717, 1.165) is 31.2 Å². The molecule has 0 saturated carbocycles. The number of carbonyl (C=O) groups is 1. The normalized spacial score (nSPS) is 15.3. The van der Waals surface area contributed by atoms with E-state index < -0.39 is 0 Å². The Bertz CT molecular complexity index is 1100. The number of rotatable bonds is 9. The van der Waals surface area contributed by atoms with Crippen molar-refractivity contribution in [3.63, 3.8) is 0 Å². The van der Waals surface area contributed by atoms with Gasteiger partial charge in [-0.25, -0.2) is 0 Å². The summed E-state index contributed by atoms with van der Waals surface area (Å²) >= 11 is 7.85. The number of hydrogen-bond donors (Lipinski definition) is 0. The van der Waals surface area contributed by atoms with Gasteiger partial charge in [-0.1, -0.05) is 59.8 Å². The van der Waals surface area contributed by atoms with Gasteiger partial charge in [-0.3, -0.25) is 4.79 Å². The molecular weight excluding hydrogens is 456 g/mol. The summed E-state index contributed by atoms with van der Waals surface area (Å²) in [4.78, 5) is 15.0. The Morgan fingerprint density at radius 1 is 1.21 bits per heavy atom. The Morgan fingerprint density at radius 2 is 2.00 bits per heavy atom. The number of benzene rings is 2. The molecule has 6 nitrogen and oxygen atoms in total. The first-order valence-electron chi connectivity index (χ1n) is 11.2. The summed E-state index contributed by atoms with van der Waals surface area (Å²) in [6.07, 6.45) is 3.99. The minimum absolute atomic E-state index is 0.0902. The van der Waals surface area contributed by atoms with E-state index in [-0.39, 0.29) is 11.9 Å². The van der Waals surface area contributed by atoms with Crippen LogP contribution in [0, 0.1) is 0 Å². The van der Waals surface area contributed by atoms with Crippen molar-refractivity contribution in [3.05, 3.63) is 64.7 Å². The van der Waals surface area contributed by atoms with Crippen LogP contribution in [0.15, 0.2) is 53.7 Å². The number of nitrogens with zero attached hydrogens (tertiary/aromatic N) is 4. The maximum atomic E-state index is 13.1. The molecule has 4 rings (SSSR count). The molecule has 33 heavy (non-hydrogen) atoms.